The van der Waals surface area contributed by atoms with Gasteiger partial charge in [0.1, 0.15) is 17.9 Å². The molecular formula is C23H30N7O5PS. The number of benzene rings is 1. The van der Waals surface area contributed by atoms with Crippen LogP contribution in [-0.2, 0) is 25.3 Å². The van der Waals surface area contributed by atoms with E-state index in [1.807, 2.05) is 53.3 Å². The normalized spacial score (nSPS) is 19.6. The predicted molar refractivity (Wildman–Crippen MR) is 141 cm³/mol. The molecule has 12 nitrogen and oxygen atoms in total. The molecule has 0 spiro atoms. The van der Waals surface area contributed by atoms with Crippen molar-refractivity contribution in [2.75, 3.05) is 24.3 Å². The lowest BCUT2D eigenvalue weighted by atomic mass is 10.1. The average molecular weight is 548 g/mol. The Morgan fingerprint density at radius 3 is 2.89 bits per heavy atom. The van der Waals surface area contributed by atoms with Crippen LogP contribution < -0.4 is 16.3 Å². The minimum Gasteiger partial charge on any atom is -0.382 e. The maximum Gasteiger partial charge on any atom is 0.432 e. The zero-order valence-electron chi connectivity index (χ0n) is 20.3. The average Bonchev–Trinajstić information content (AvgIpc) is 3.53. The fourth-order valence-electron chi connectivity index (χ4n) is 3.92. The fraction of sp³-hybridized carbons (Fsp3) is 0.391. The second kappa shape index (κ2) is 12.6. The van der Waals surface area contributed by atoms with Gasteiger partial charge in [-0.15, -0.1) is 0 Å². The van der Waals surface area contributed by atoms with Gasteiger partial charge in [-0.1, -0.05) is 42.5 Å². The van der Waals surface area contributed by atoms with Gasteiger partial charge >= 0.3 is 7.75 Å². The van der Waals surface area contributed by atoms with Gasteiger partial charge in [0.25, 0.3) is 0 Å². The van der Waals surface area contributed by atoms with E-state index in [4.69, 9.17) is 15.1 Å². The molecule has 4 rings (SSSR count). The van der Waals surface area contributed by atoms with Crippen molar-refractivity contribution in [3.8, 4) is 0 Å². The van der Waals surface area contributed by atoms with Crippen LogP contribution in [0.3, 0.4) is 0 Å². The van der Waals surface area contributed by atoms with Crippen LogP contribution in [0.15, 0.2) is 55.1 Å². The van der Waals surface area contributed by atoms with Crippen LogP contribution in [0.5, 0.6) is 0 Å². The quantitative estimate of drug-likeness (QED) is 0.141. The topological polar surface area (TPSA) is 167 Å². The fourth-order valence-corrected chi connectivity index (χ4v) is 5.28. The zero-order chi connectivity index (χ0) is 26.3. The number of hydrogen-bond donors (Lipinski definition) is 4. The van der Waals surface area contributed by atoms with Crippen LogP contribution in [0, 0.1) is 5.92 Å². The molecule has 0 bridgehead atoms. The van der Waals surface area contributed by atoms with Crippen molar-refractivity contribution in [1.82, 2.24) is 30.1 Å². The Morgan fingerprint density at radius 1 is 1.30 bits per heavy atom. The first-order valence-corrected chi connectivity index (χ1v) is 14.6. The number of rotatable bonds is 13. The summed E-state index contributed by atoms with van der Waals surface area (Å²) < 4.78 is 19.8. The molecule has 3 aromatic rings. The largest absolute Gasteiger partial charge is 0.432 e. The number of hydroxylamine groups is 1. The van der Waals surface area contributed by atoms with E-state index < -0.39 is 19.7 Å². The summed E-state index contributed by atoms with van der Waals surface area (Å²) in [6, 6.07) is 8.59. The number of imidazole rings is 1. The first kappa shape index (κ1) is 27.2. The van der Waals surface area contributed by atoms with Gasteiger partial charge in [-0.05, 0) is 30.4 Å². The summed E-state index contributed by atoms with van der Waals surface area (Å²) in [4.78, 5) is 41.0. The Morgan fingerprint density at radius 2 is 2.11 bits per heavy atom. The summed E-state index contributed by atoms with van der Waals surface area (Å²) >= 11 is 1.56. The van der Waals surface area contributed by atoms with Crippen LogP contribution >= 0.6 is 19.5 Å². The van der Waals surface area contributed by atoms with Gasteiger partial charge in [0.2, 0.25) is 5.91 Å². The maximum absolute atomic E-state index is 12.7. The van der Waals surface area contributed by atoms with Gasteiger partial charge in [-0.3, -0.25) is 19.2 Å². The van der Waals surface area contributed by atoms with Gasteiger partial charge in [0, 0.05) is 5.92 Å². The van der Waals surface area contributed by atoms with E-state index in [1.165, 1.54) is 6.33 Å². The first-order chi connectivity index (χ1) is 17.9. The molecule has 0 saturated carbocycles. The number of nitrogens with zero attached hydrogens (tertiary/aromatic N) is 4. The number of carbonyl (C=O) groups excluding carboxylic acids is 1. The van der Waals surface area contributed by atoms with E-state index in [0.717, 1.165) is 5.56 Å². The summed E-state index contributed by atoms with van der Waals surface area (Å²) in [6.07, 6.45) is 9.82. The molecular weight excluding hydrogens is 517 g/mol. The number of anilines is 1. The second-order valence-corrected chi connectivity index (χ2v) is 11.1. The van der Waals surface area contributed by atoms with Crippen LogP contribution in [0.2, 0.25) is 0 Å². The van der Waals surface area contributed by atoms with Gasteiger partial charge in [0.05, 0.1) is 25.6 Å². The third kappa shape index (κ3) is 7.37. The Balaban J connectivity index is 1.27. The third-order valence-electron chi connectivity index (χ3n) is 5.84. The van der Waals surface area contributed by atoms with Crippen molar-refractivity contribution in [2.24, 2.45) is 5.92 Å². The van der Waals surface area contributed by atoms with E-state index in [0.29, 0.717) is 35.6 Å². The number of hydrogen-bond acceptors (Lipinski definition) is 10. The van der Waals surface area contributed by atoms with E-state index in [2.05, 4.69) is 25.5 Å². The zero-order valence-corrected chi connectivity index (χ0v) is 22.0. The number of nitrogen functional groups attached to an aromatic ring is 1. The number of fused-ring (bicyclic) bond motifs is 1. The van der Waals surface area contributed by atoms with Crippen molar-refractivity contribution < 1.29 is 23.6 Å². The number of nitrogens with two attached hydrogens (primary N) is 1. The van der Waals surface area contributed by atoms with E-state index in [9.17, 15) is 14.3 Å². The molecule has 1 aliphatic carbocycles. The summed E-state index contributed by atoms with van der Waals surface area (Å²) in [6.45, 7) is 0.204. The highest BCUT2D eigenvalue weighted by atomic mass is 32.2. The lowest BCUT2D eigenvalue weighted by Crippen LogP contribution is -2.43. The SMILES string of the molecule is CSCC[C@H](NOCc1ccccc1)C(=O)NP(=O)(O)OC[C@H]1C=C[C@@H](n2cnc3c(N)ncnc32)C1. The molecule has 1 unspecified atom stereocenters. The molecule has 198 valence electrons. The van der Waals surface area contributed by atoms with E-state index >= 15 is 0 Å². The lowest BCUT2D eigenvalue weighted by Gasteiger charge is -2.21. The van der Waals surface area contributed by atoms with E-state index in [-0.39, 0.29) is 25.2 Å². The van der Waals surface area contributed by atoms with Crippen LogP contribution in [0.1, 0.15) is 24.4 Å². The molecule has 2 heterocycles. The van der Waals surface area contributed by atoms with Crippen molar-refractivity contribution in [2.45, 2.75) is 31.5 Å². The Kier molecular flexibility index (Phi) is 9.30. The van der Waals surface area contributed by atoms with Crippen molar-refractivity contribution in [3.05, 3.63) is 60.7 Å². The van der Waals surface area contributed by atoms with Crippen LogP contribution in [0.4, 0.5) is 5.82 Å². The standard InChI is InChI=1S/C23H30N7O5PS/c1-37-10-9-19(28-34-12-16-5-3-2-4-6-16)23(31)29-36(32,33)35-13-17-7-8-18(11-17)30-15-27-20-21(24)25-14-26-22(20)30/h2-8,14-15,17-19,28H,9-13H2,1H3,(H2,24,25,26)(H2,29,31,32,33)/t17-,18+,19-/m0/s1. The van der Waals surface area contributed by atoms with Gasteiger partial charge in [0.15, 0.2) is 11.5 Å². The number of aromatic nitrogens is 4. The molecule has 1 aromatic carbocycles. The molecule has 0 aliphatic heterocycles. The highest BCUT2D eigenvalue weighted by Crippen LogP contribution is 2.40. The molecule has 0 saturated heterocycles. The molecule has 0 fully saturated rings. The van der Waals surface area contributed by atoms with Gasteiger partial charge in [-0.2, -0.15) is 17.2 Å². The van der Waals surface area contributed by atoms with Crippen molar-refractivity contribution in [1.29, 1.82) is 0 Å². The summed E-state index contributed by atoms with van der Waals surface area (Å²) in [7, 11) is -4.39. The second-order valence-electron chi connectivity index (χ2n) is 8.55. The number of amides is 1. The van der Waals surface area contributed by atoms with Gasteiger partial charge in [-0.25, -0.2) is 19.5 Å². The van der Waals surface area contributed by atoms with E-state index in [1.54, 1.807) is 18.1 Å². The molecule has 37 heavy (non-hydrogen) atoms. The Labute approximate surface area is 218 Å². The molecule has 14 heteroatoms. The minimum atomic E-state index is -4.39. The highest BCUT2D eigenvalue weighted by Gasteiger charge is 2.30. The molecule has 4 atom stereocenters. The lowest BCUT2D eigenvalue weighted by molar-refractivity contribution is -0.126. The Bertz CT molecular complexity index is 1270. The molecule has 0 radical (unpaired) electrons. The third-order valence-corrected chi connectivity index (χ3v) is 7.49. The van der Waals surface area contributed by atoms with Crippen molar-refractivity contribution >= 4 is 42.4 Å². The number of allylic oxidation sites excluding steroid dienone is 1. The van der Waals surface area contributed by atoms with Crippen molar-refractivity contribution in [3.63, 3.8) is 0 Å². The monoisotopic (exact) mass is 547 g/mol. The maximum atomic E-state index is 12.7. The number of nitrogens with one attached hydrogen (secondary N) is 2. The Hall–Kier alpha value is -2.80. The van der Waals surface area contributed by atoms with Crippen LogP contribution in [0.25, 0.3) is 11.2 Å². The smallest absolute Gasteiger partial charge is 0.382 e. The molecule has 1 aliphatic rings. The summed E-state index contributed by atoms with van der Waals surface area (Å²) in [5.41, 5.74) is 10.6. The highest BCUT2D eigenvalue weighted by molar-refractivity contribution is 7.98. The minimum absolute atomic E-state index is 0.0434. The summed E-state index contributed by atoms with van der Waals surface area (Å²) in [5.74, 6) is 0.149. The molecule has 2 aromatic heterocycles. The van der Waals surface area contributed by atoms with Gasteiger partial charge < -0.3 is 15.2 Å². The predicted octanol–water partition coefficient (Wildman–Crippen LogP) is 2.60. The molecule has 1 amide bonds. The number of carbonyl (C=O) groups is 1. The molecule has 5 N–H and O–H groups in total. The van der Waals surface area contributed by atoms with Crippen LogP contribution in [-0.4, -0.2) is 55.0 Å². The number of thioether (sulfide) groups is 1. The first-order valence-electron chi connectivity index (χ1n) is 11.7. The summed E-state index contributed by atoms with van der Waals surface area (Å²) in [5, 5.41) is 2.14.